The highest BCUT2D eigenvalue weighted by atomic mass is 19.1. The third-order valence-corrected chi connectivity index (χ3v) is 5.03. The quantitative estimate of drug-likeness (QED) is 0.801. The molecule has 0 saturated heterocycles. The summed E-state index contributed by atoms with van der Waals surface area (Å²) < 4.78 is 13.3. The van der Waals surface area contributed by atoms with E-state index in [9.17, 15) is 14.3 Å². The first kappa shape index (κ1) is 16.2. The molecule has 1 aromatic carbocycles. The molecule has 2 amide bonds. The van der Waals surface area contributed by atoms with E-state index in [0.29, 0.717) is 12.5 Å². The number of carbonyl (C=O) groups is 1. The lowest BCUT2D eigenvalue weighted by Crippen LogP contribution is -2.42. The Morgan fingerprint density at radius 3 is 2.96 bits per heavy atom. The van der Waals surface area contributed by atoms with Gasteiger partial charge in [-0.3, -0.25) is 0 Å². The number of nitrogens with one attached hydrogen (secondary N) is 2. The van der Waals surface area contributed by atoms with Crippen LogP contribution in [-0.4, -0.2) is 23.8 Å². The Morgan fingerprint density at radius 1 is 1.26 bits per heavy atom. The predicted octanol–water partition coefficient (Wildman–Crippen LogP) is 3.05. The van der Waals surface area contributed by atoms with Crippen LogP contribution >= 0.6 is 0 Å². The first-order chi connectivity index (χ1) is 11.1. The number of amides is 2. The number of aliphatic hydroxyl groups is 1. The molecule has 126 valence electrons. The van der Waals surface area contributed by atoms with Crippen molar-refractivity contribution in [1.29, 1.82) is 0 Å². The van der Waals surface area contributed by atoms with E-state index in [-0.39, 0.29) is 24.0 Å². The monoisotopic (exact) mass is 320 g/mol. The van der Waals surface area contributed by atoms with Gasteiger partial charge in [0.15, 0.2) is 0 Å². The molecule has 2 aliphatic carbocycles. The molecular formula is C18H25FN2O2. The van der Waals surface area contributed by atoms with Crippen molar-refractivity contribution in [2.45, 2.75) is 57.1 Å². The van der Waals surface area contributed by atoms with E-state index in [1.807, 2.05) is 0 Å². The molecule has 0 aromatic heterocycles. The summed E-state index contributed by atoms with van der Waals surface area (Å²) in [5.41, 5.74) is 2.03. The van der Waals surface area contributed by atoms with Gasteiger partial charge in [0.05, 0.1) is 12.1 Å². The van der Waals surface area contributed by atoms with Crippen molar-refractivity contribution in [3.05, 3.63) is 35.1 Å². The van der Waals surface area contributed by atoms with Gasteiger partial charge < -0.3 is 15.7 Å². The van der Waals surface area contributed by atoms with E-state index in [1.165, 1.54) is 6.07 Å². The molecule has 3 N–H and O–H groups in total. The van der Waals surface area contributed by atoms with Gasteiger partial charge in [-0.15, -0.1) is 0 Å². The number of aryl methyl sites for hydroxylation is 1. The minimum absolute atomic E-state index is 0.0451. The van der Waals surface area contributed by atoms with Crippen molar-refractivity contribution in [2.24, 2.45) is 5.92 Å². The van der Waals surface area contributed by atoms with Gasteiger partial charge in [0.25, 0.3) is 0 Å². The lowest BCUT2D eigenvalue weighted by atomic mass is 9.87. The third-order valence-electron chi connectivity index (χ3n) is 5.03. The third kappa shape index (κ3) is 4.22. The second-order valence-electron chi connectivity index (χ2n) is 6.83. The summed E-state index contributed by atoms with van der Waals surface area (Å²) in [6.45, 7) is 0.603. The standard InChI is InChI=1S/C18H25FN2O2/c19-14-7-8-16-13(10-14)4-2-6-17(16)21-18(23)20-11-12-3-1-5-15(22)9-12/h7-8,10,12,15,17,22H,1-6,9,11H2,(H2,20,21,23)/t12-,15-,17+/m1/s1. The number of rotatable bonds is 3. The highest BCUT2D eigenvalue weighted by Crippen LogP contribution is 2.30. The molecule has 1 aromatic rings. The van der Waals surface area contributed by atoms with E-state index in [0.717, 1.165) is 56.1 Å². The van der Waals surface area contributed by atoms with Crippen LogP contribution in [0.4, 0.5) is 9.18 Å². The first-order valence-corrected chi connectivity index (χ1v) is 8.62. The number of hydrogen-bond donors (Lipinski definition) is 3. The molecule has 23 heavy (non-hydrogen) atoms. The molecule has 1 fully saturated rings. The van der Waals surface area contributed by atoms with Crippen molar-refractivity contribution in [2.75, 3.05) is 6.54 Å². The molecule has 0 unspecified atom stereocenters. The van der Waals surface area contributed by atoms with Gasteiger partial charge in [0.2, 0.25) is 0 Å². The van der Waals surface area contributed by atoms with Crippen LogP contribution in [0.2, 0.25) is 0 Å². The van der Waals surface area contributed by atoms with Crippen molar-refractivity contribution in [1.82, 2.24) is 10.6 Å². The summed E-state index contributed by atoms with van der Waals surface area (Å²) in [6.07, 6.45) is 6.21. The Hall–Kier alpha value is -1.62. The zero-order valence-corrected chi connectivity index (χ0v) is 13.4. The van der Waals surface area contributed by atoms with Gasteiger partial charge in [-0.05, 0) is 67.7 Å². The van der Waals surface area contributed by atoms with Crippen molar-refractivity contribution < 1.29 is 14.3 Å². The summed E-state index contributed by atoms with van der Waals surface area (Å²) in [4.78, 5) is 12.2. The maximum atomic E-state index is 13.3. The number of hydrogen-bond acceptors (Lipinski definition) is 2. The summed E-state index contributed by atoms with van der Waals surface area (Å²) in [6, 6.07) is 4.60. The van der Waals surface area contributed by atoms with E-state index >= 15 is 0 Å². The second-order valence-corrected chi connectivity index (χ2v) is 6.83. The van der Waals surface area contributed by atoms with Crippen LogP contribution in [0.3, 0.4) is 0 Å². The normalized spacial score (nSPS) is 27.1. The van der Waals surface area contributed by atoms with Gasteiger partial charge in [-0.1, -0.05) is 12.5 Å². The van der Waals surface area contributed by atoms with Gasteiger partial charge in [-0.25, -0.2) is 9.18 Å². The average Bonchev–Trinajstić information content (AvgIpc) is 2.53. The molecule has 0 heterocycles. The number of fused-ring (bicyclic) bond motifs is 1. The summed E-state index contributed by atoms with van der Waals surface area (Å²) in [5.74, 6) is 0.141. The van der Waals surface area contributed by atoms with Gasteiger partial charge in [0, 0.05) is 6.54 Å². The highest BCUT2D eigenvalue weighted by Gasteiger charge is 2.23. The molecule has 0 spiro atoms. The number of urea groups is 1. The summed E-state index contributed by atoms with van der Waals surface area (Å²) >= 11 is 0. The lowest BCUT2D eigenvalue weighted by Gasteiger charge is -2.28. The summed E-state index contributed by atoms with van der Waals surface area (Å²) in [5, 5.41) is 15.6. The number of halogens is 1. The van der Waals surface area contributed by atoms with Crippen LogP contribution in [0.1, 0.15) is 55.7 Å². The van der Waals surface area contributed by atoms with Crippen LogP contribution in [0.5, 0.6) is 0 Å². The Bertz CT molecular complexity index is 564. The Balaban J connectivity index is 1.52. The fraction of sp³-hybridized carbons (Fsp3) is 0.611. The van der Waals surface area contributed by atoms with Gasteiger partial charge in [-0.2, -0.15) is 0 Å². The maximum absolute atomic E-state index is 13.3. The molecular weight excluding hydrogens is 295 g/mol. The fourth-order valence-electron chi connectivity index (χ4n) is 3.83. The molecule has 0 bridgehead atoms. The number of aliphatic hydroxyl groups excluding tert-OH is 1. The number of benzene rings is 1. The van der Waals surface area contributed by atoms with Gasteiger partial charge in [0.1, 0.15) is 5.82 Å². The van der Waals surface area contributed by atoms with Crippen LogP contribution in [-0.2, 0) is 6.42 Å². The molecule has 5 heteroatoms. The zero-order valence-electron chi connectivity index (χ0n) is 13.4. The first-order valence-electron chi connectivity index (χ1n) is 8.62. The van der Waals surface area contributed by atoms with Crippen molar-refractivity contribution in [3.63, 3.8) is 0 Å². The zero-order chi connectivity index (χ0) is 16.2. The SMILES string of the molecule is O=C(NC[C@@H]1CCC[C@@H](O)C1)N[C@H]1CCCc2cc(F)ccc21. The van der Waals surface area contributed by atoms with E-state index < -0.39 is 0 Å². The second kappa shape index (κ2) is 7.30. The molecule has 2 aliphatic rings. The van der Waals surface area contributed by atoms with Crippen LogP contribution in [0.25, 0.3) is 0 Å². The maximum Gasteiger partial charge on any atom is 0.315 e. The van der Waals surface area contributed by atoms with E-state index in [2.05, 4.69) is 10.6 Å². The lowest BCUT2D eigenvalue weighted by molar-refractivity contribution is 0.101. The largest absolute Gasteiger partial charge is 0.393 e. The molecule has 1 saturated carbocycles. The topological polar surface area (TPSA) is 61.4 Å². The smallest absolute Gasteiger partial charge is 0.315 e. The molecule has 4 nitrogen and oxygen atoms in total. The Morgan fingerprint density at radius 2 is 2.13 bits per heavy atom. The minimum Gasteiger partial charge on any atom is -0.393 e. The highest BCUT2D eigenvalue weighted by molar-refractivity contribution is 5.74. The average molecular weight is 320 g/mol. The number of carbonyl (C=O) groups excluding carboxylic acids is 1. The molecule has 3 atom stereocenters. The van der Waals surface area contributed by atoms with E-state index in [1.54, 1.807) is 12.1 Å². The summed E-state index contributed by atoms with van der Waals surface area (Å²) in [7, 11) is 0. The van der Waals surface area contributed by atoms with Crippen molar-refractivity contribution >= 4 is 6.03 Å². The van der Waals surface area contributed by atoms with Crippen LogP contribution < -0.4 is 10.6 Å². The van der Waals surface area contributed by atoms with E-state index in [4.69, 9.17) is 0 Å². The molecule has 3 rings (SSSR count). The molecule has 0 aliphatic heterocycles. The Labute approximate surface area is 136 Å². The van der Waals surface area contributed by atoms with Crippen LogP contribution in [0, 0.1) is 11.7 Å². The Kier molecular flexibility index (Phi) is 5.16. The minimum atomic E-state index is -0.223. The van der Waals surface area contributed by atoms with Crippen molar-refractivity contribution in [3.8, 4) is 0 Å². The molecule has 0 radical (unpaired) electrons. The fourth-order valence-corrected chi connectivity index (χ4v) is 3.83. The van der Waals surface area contributed by atoms with Gasteiger partial charge >= 0.3 is 6.03 Å². The predicted molar refractivity (Wildman–Crippen MR) is 86.6 cm³/mol. The van der Waals surface area contributed by atoms with Crippen LogP contribution in [0.15, 0.2) is 18.2 Å².